The number of hydrogen-bond acceptors (Lipinski definition) is 5. The van der Waals surface area contributed by atoms with Gasteiger partial charge in [-0.25, -0.2) is 0 Å². The maximum absolute atomic E-state index is 10.1. The van der Waals surface area contributed by atoms with Crippen LogP contribution in [0.1, 0.15) is 13.0 Å². The minimum Gasteiger partial charge on any atom is -0.505 e. The van der Waals surface area contributed by atoms with Crippen molar-refractivity contribution in [3.63, 3.8) is 0 Å². The molecule has 0 fully saturated rings. The van der Waals surface area contributed by atoms with Crippen LogP contribution in [-0.4, -0.2) is 26.9 Å². The van der Waals surface area contributed by atoms with Gasteiger partial charge in [0.1, 0.15) is 22.5 Å². The summed E-state index contributed by atoms with van der Waals surface area (Å²) in [5, 5.41) is 18.8. The number of ether oxygens (including phenoxy) is 2. The molecule has 0 atom stereocenters. The number of hydrogen-bond donors (Lipinski definition) is 1. The largest absolute Gasteiger partial charge is 0.505 e. The van der Waals surface area contributed by atoms with Crippen molar-refractivity contribution >= 4 is 11.0 Å². The number of fused-ring (bicyclic) bond motifs is 2. The molecule has 1 N–H and O–H groups in total. The van der Waals surface area contributed by atoms with Gasteiger partial charge in [-0.1, -0.05) is 13.5 Å². The van der Waals surface area contributed by atoms with Crippen molar-refractivity contribution in [3.05, 3.63) is 35.9 Å². The van der Waals surface area contributed by atoms with E-state index < -0.39 is 0 Å². The lowest BCUT2D eigenvalue weighted by Crippen LogP contribution is -1.99. The zero-order chi connectivity index (χ0) is 13.7. The van der Waals surface area contributed by atoms with E-state index in [0.29, 0.717) is 17.2 Å². The summed E-state index contributed by atoms with van der Waals surface area (Å²) in [7, 11) is 0. The molecular weight excluding hydrogens is 270 g/mol. The fraction of sp³-hybridized carbons (Fsp3) is 0.200. The molecule has 0 aliphatic carbocycles. The van der Waals surface area contributed by atoms with Crippen LogP contribution >= 0.6 is 0 Å². The lowest BCUT2D eigenvalue weighted by molar-refractivity contribution is 0.174. The van der Waals surface area contributed by atoms with Crippen molar-refractivity contribution in [2.24, 2.45) is 0 Å². The van der Waals surface area contributed by atoms with Crippen LogP contribution in [0.15, 0.2) is 30.3 Å². The van der Waals surface area contributed by atoms with E-state index in [2.05, 4.69) is 10.2 Å². The Morgan fingerprint density at radius 2 is 1.76 bits per heavy atom. The van der Waals surface area contributed by atoms with Crippen LogP contribution in [0.25, 0.3) is 16.7 Å². The second kappa shape index (κ2) is 4.66. The van der Waals surface area contributed by atoms with E-state index in [1.807, 2.05) is 25.1 Å². The summed E-state index contributed by atoms with van der Waals surface area (Å²) in [5.74, 6) is 1.15. The predicted molar refractivity (Wildman–Crippen MR) is 78.1 cm³/mol. The number of benzene rings is 2. The summed E-state index contributed by atoms with van der Waals surface area (Å²) in [4.78, 5) is 1.40. The highest BCUT2D eigenvalue weighted by Crippen LogP contribution is 2.38. The Morgan fingerprint density at radius 3 is 2.57 bits per heavy atom. The van der Waals surface area contributed by atoms with E-state index >= 15 is 0 Å². The first kappa shape index (κ1) is 13.2. The molecule has 2 heterocycles. The Balaban J connectivity index is 0.00000132. The quantitative estimate of drug-likeness (QED) is 0.744. The highest BCUT2D eigenvalue weighted by molar-refractivity contribution is 5.75. The van der Waals surface area contributed by atoms with Crippen LogP contribution in [-0.2, 0) is 0 Å². The van der Waals surface area contributed by atoms with Gasteiger partial charge >= 0.3 is 0 Å². The third-order valence-corrected chi connectivity index (χ3v) is 3.22. The number of phenols is 1. The van der Waals surface area contributed by atoms with Gasteiger partial charge in [-0.3, -0.25) is 0 Å². The second-order valence-electron chi connectivity index (χ2n) is 4.68. The molecular formula is C15H15N3O3. The Labute approximate surface area is 121 Å². The molecule has 0 saturated heterocycles. The van der Waals surface area contributed by atoms with Gasteiger partial charge in [-0.05, 0) is 24.6 Å². The van der Waals surface area contributed by atoms with Crippen molar-refractivity contribution in [3.8, 4) is 22.9 Å². The maximum Gasteiger partial charge on any atom is 0.231 e. The molecule has 6 nitrogen and oxygen atoms in total. The van der Waals surface area contributed by atoms with E-state index in [9.17, 15) is 5.11 Å². The Hall–Kier alpha value is -2.76. The first-order valence-corrected chi connectivity index (χ1v) is 6.17. The number of aromatic hydroxyl groups is 1. The molecule has 0 amide bonds. The molecule has 21 heavy (non-hydrogen) atoms. The lowest BCUT2D eigenvalue weighted by atomic mass is 10.2. The molecule has 1 aromatic heterocycles. The first-order chi connectivity index (χ1) is 9.70. The zero-order valence-corrected chi connectivity index (χ0v) is 10.7. The minimum absolute atomic E-state index is 0. The van der Waals surface area contributed by atoms with Crippen LogP contribution < -0.4 is 9.47 Å². The summed E-state index contributed by atoms with van der Waals surface area (Å²) >= 11 is 0. The molecule has 0 bridgehead atoms. The molecule has 0 spiro atoms. The van der Waals surface area contributed by atoms with Gasteiger partial charge in [0, 0.05) is 12.1 Å². The number of rotatable bonds is 1. The summed E-state index contributed by atoms with van der Waals surface area (Å²) in [5.41, 5.74) is 3.12. The summed E-state index contributed by atoms with van der Waals surface area (Å²) in [6, 6.07) is 9.00. The minimum atomic E-state index is 0. The maximum atomic E-state index is 10.1. The van der Waals surface area contributed by atoms with E-state index in [1.165, 1.54) is 10.9 Å². The Kier molecular flexibility index (Phi) is 2.94. The lowest BCUT2D eigenvalue weighted by Gasteiger charge is -2.04. The third kappa shape index (κ3) is 2.05. The molecule has 6 heteroatoms. The summed E-state index contributed by atoms with van der Waals surface area (Å²) in [6.07, 6.45) is 0. The molecule has 0 unspecified atom stereocenters. The number of phenolic OH excluding ortho intramolecular Hbond substituents is 1. The molecule has 4 rings (SSSR count). The third-order valence-electron chi connectivity index (χ3n) is 3.22. The van der Waals surface area contributed by atoms with Gasteiger partial charge < -0.3 is 14.6 Å². The Morgan fingerprint density at radius 1 is 1.05 bits per heavy atom. The van der Waals surface area contributed by atoms with Crippen LogP contribution in [0.2, 0.25) is 0 Å². The standard InChI is InChI=1S/C14H11N3O3.CH4/c1-8-2-3-9-10(4-8)16-17(15-9)11-5-13-14(6-12(11)18)20-7-19-13;/h2-6,18H,7H2,1H3;1H4. The van der Waals surface area contributed by atoms with Crippen molar-refractivity contribution < 1.29 is 14.6 Å². The molecule has 1 aliphatic rings. The van der Waals surface area contributed by atoms with Crippen LogP contribution in [0.4, 0.5) is 0 Å². The van der Waals surface area contributed by atoms with Gasteiger partial charge in [0.25, 0.3) is 0 Å². The fourth-order valence-corrected chi connectivity index (χ4v) is 2.21. The molecule has 0 saturated carbocycles. The van der Waals surface area contributed by atoms with E-state index in [4.69, 9.17) is 9.47 Å². The molecule has 2 aromatic carbocycles. The van der Waals surface area contributed by atoms with Gasteiger partial charge in [-0.15, -0.1) is 15.0 Å². The highest BCUT2D eigenvalue weighted by Gasteiger charge is 2.19. The van der Waals surface area contributed by atoms with Gasteiger partial charge in [-0.2, -0.15) is 0 Å². The predicted octanol–water partition coefficient (Wildman–Crippen LogP) is 2.80. The topological polar surface area (TPSA) is 69.4 Å². The number of aryl methyl sites for hydroxylation is 1. The average Bonchev–Trinajstić information content (AvgIpc) is 3.02. The first-order valence-electron chi connectivity index (χ1n) is 6.17. The van der Waals surface area contributed by atoms with Crippen molar-refractivity contribution in [1.82, 2.24) is 15.0 Å². The monoisotopic (exact) mass is 285 g/mol. The zero-order valence-electron chi connectivity index (χ0n) is 10.7. The summed E-state index contributed by atoms with van der Waals surface area (Å²) < 4.78 is 10.5. The van der Waals surface area contributed by atoms with Crippen LogP contribution in [0.5, 0.6) is 17.2 Å². The average molecular weight is 285 g/mol. The smallest absolute Gasteiger partial charge is 0.231 e. The fourth-order valence-electron chi connectivity index (χ4n) is 2.21. The highest BCUT2D eigenvalue weighted by atomic mass is 16.7. The van der Waals surface area contributed by atoms with Crippen molar-refractivity contribution in [2.45, 2.75) is 14.4 Å². The second-order valence-corrected chi connectivity index (χ2v) is 4.68. The van der Waals surface area contributed by atoms with Crippen molar-refractivity contribution in [2.75, 3.05) is 6.79 Å². The van der Waals surface area contributed by atoms with E-state index in [-0.39, 0.29) is 20.0 Å². The van der Waals surface area contributed by atoms with E-state index in [1.54, 1.807) is 6.07 Å². The summed E-state index contributed by atoms with van der Waals surface area (Å²) in [6.45, 7) is 2.16. The molecule has 1 aliphatic heterocycles. The van der Waals surface area contributed by atoms with Gasteiger partial charge in [0.2, 0.25) is 6.79 Å². The van der Waals surface area contributed by atoms with E-state index in [0.717, 1.165) is 16.6 Å². The van der Waals surface area contributed by atoms with Gasteiger partial charge in [0.15, 0.2) is 11.5 Å². The molecule has 3 aromatic rings. The molecule has 108 valence electrons. The number of aromatic nitrogens is 3. The normalized spacial score (nSPS) is 12.4. The Bertz CT molecular complexity index is 826. The SMILES string of the molecule is C.Cc1ccc2nn(-c3cc4c(cc3O)OCO4)nc2c1. The molecule has 0 radical (unpaired) electrons. The van der Waals surface area contributed by atoms with Crippen molar-refractivity contribution in [1.29, 1.82) is 0 Å². The van der Waals surface area contributed by atoms with Crippen LogP contribution in [0, 0.1) is 6.92 Å². The number of nitrogens with zero attached hydrogens (tertiary/aromatic N) is 3. The van der Waals surface area contributed by atoms with Gasteiger partial charge in [0.05, 0.1) is 0 Å². The van der Waals surface area contributed by atoms with Crippen LogP contribution in [0.3, 0.4) is 0 Å².